The molecule has 0 aliphatic heterocycles. The number of carbonyl (C=O) groups excluding carboxylic acids is 1. The van der Waals surface area contributed by atoms with Crippen LogP contribution in [0.4, 0.5) is 5.69 Å². The number of amides is 1. The van der Waals surface area contributed by atoms with Crippen LogP contribution in [0, 0.1) is 0 Å². The molecule has 0 spiro atoms. The smallest absolute Gasteiger partial charge is 0.240 e. The van der Waals surface area contributed by atoms with Gasteiger partial charge < -0.3 is 15.5 Å². The van der Waals surface area contributed by atoms with Crippen LogP contribution in [0.1, 0.15) is 13.8 Å². The highest BCUT2D eigenvalue weighted by molar-refractivity contribution is 8.00. The van der Waals surface area contributed by atoms with E-state index in [0.717, 1.165) is 17.0 Å². The third-order valence-corrected chi connectivity index (χ3v) is 5.24. The number of rotatable bonds is 7. The Bertz CT molecular complexity index is 928. The van der Waals surface area contributed by atoms with E-state index in [4.69, 9.17) is 10.6 Å². The predicted molar refractivity (Wildman–Crippen MR) is 112 cm³/mol. The molecule has 1 heterocycles. The van der Waals surface area contributed by atoms with Crippen LogP contribution in [0.25, 0.3) is 11.4 Å². The van der Waals surface area contributed by atoms with Crippen molar-refractivity contribution < 1.29 is 9.53 Å². The third kappa shape index (κ3) is 4.28. The Morgan fingerprint density at radius 2 is 1.86 bits per heavy atom. The second-order valence-corrected chi connectivity index (χ2v) is 7.43. The summed E-state index contributed by atoms with van der Waals surface area (Å²) in [5.41, 5.74) is 1.66. The Labute approximate surface area is 168 Å². The number of aromatic nitrogens is 3. The van der Waals surface area contributed by atoms with Crippen LogP contribution >= 0.6 is 11.8 Å². The van der Waals surface area contributed by atoms with Gasteiger partial charge in [-0.3, -0.25) is 4.79 Å². The summed E-state index contributed by atoms with van der Waals surface area (Å²) in [7, 11) is 1.76. The quantitative estimate of drug-likeness (QED) is 0.487. The first-order chi connectivity index (χ1) is 13.5. The van der Waals surface area contributed by atoms with Crippen LogP contribution in [-0.4, -0.2) is 39.7 Å². The van der Waals surface area contributed by atoms with E-state index < -0.39 is 0 Å². The van der Waals surface area contributed by atoms with Crippen molar-refractivity contribution in [3.8, 4) is 17.1 Å². The fourth-order valence-corrected chi connectivity index (χ4v) is 3.54. The van der Waals surface area contributed by atoms with Crippen molar-refractivity contribution in [2.24, 2.45) is 0 Å². The number of hydrogen-bond donors (Lipinski definition) is 1. The van der Waals surface area contributed by atoms with E-state index in [0.29, 0.717) is 17.6 Å². The van der Waals surface area contributed by atoms with Gasteiger partial charge in [-0.2, -0.15) is 0 Å². The first-order valence-corrected chi connectivity index (χ1v) is 9.82. The molecule has 0 fully saturated rings. The van der Waals surface area contributed by atoms with Crippen LogP contribution in [0.5, 0.6) is 5.75 Å². The van der Waals surface area contributed by atoms with Crippen LogP contribution in [-0.2, 0) is 4.79 Å². The fraction of sp³-hybridized carbons (Fsp3) is 0.250. The number of para-hydroxylation sites is 1. The topological polar surface area (TPSA) is 86.3 Å². The van der Waals surface area contributed by atoms with E-state index in [1.165, 1.54) is 16.4 Å². The average molecular weight is 398 g/mol. The summed E-state index contributed by atoms with van der Waals surface area (Å²) in [5.74, 6) is 7.46. The van der Waals surface area contributed by atoms with Gasteiger partial charge in [-0.25, -0.2) is 4.68 Å². The molecule has 0 unspecified atom stereocenters. The molecular formula is C20H23N5O2S. The Balaban J connectivity index is 1.72. The lowest BCUT2D eigenvalue weighted by Crippen LogP contribution is -2.33. The zero-order valence-electron chi connectivity index (χ0n) is 16.1. The summed E-state index contributed by atoms with van der Waals surface area (Å²) >= 11 is 1.28. The van der Waals surface area contributed by atoms with Gasteiger partial charge in [0.15, 0.2) is 5.82 Å². The van der Waals surface area contributed by atoms with Gasteiger partial charge in [0.1, 0.15) is 5.75 Å². The van der Waals surface area contributed by atoms with Gasteiger partial charge in [-0.05, 0) is 50.2 Å². The van der Waals surface area contributed by atoms with E-state index in [2.05, 4.69) is 10.2 Å². The Hall–Kier alpha value is -3.00. The van der Waals surface area contributed by atoms with Gasteiger partial charge in [-0.15, -0.1) is 10.2 Å². The van der Waals surface area contributed by atoms with Crippen molar-refractivity contribution in [3.63, 3.8) is 0 Å². The average Bonchev–Trinajstić information content (AvgIpc) is 3.08. The lowest BCUT2D eigenvalue weighted by Gasteiger charge is -2.20. The normalized spacial score (nSPS) is 11.8. The number of benzene rings is 2. The molecule has 0 aliphatic rings. The SMILES string of the molecule is CCOc1ccc(-c2nnc(S[C@H](C)C(=O)N(C)c3ccccc3)n2N)cc1. The van der Waals surface area contributed by atoms with Gasteiger partial charge in [0.2, 0.25) is 11.1 Å². The summed E-state index contributed by atoms with van der Waals surface area (Å²) < 4.78 is 6.86. The molecule has 28 heavy (non-hydrogen) atoms. The van der Waals surface area contributed by atoms with Crippen LogP contribution in [0.2, 0.25) is 0 Å². The molecule has 3 rings (SSSR count). The Morgan fingerprint density at radius 3 is 2.50 bits per heavy atom. The Morgan fingerprint density at radius 1 is 1.18 bits per heavy atom. The van der Waals surface area contributed by atoms with E-state index in [1.807, 2.05) is 68.4 Å². The second kappa shape index (κ2) is 8.79. The minimum absolute atomic E-state index is 0.0400. The number of hydrogen-bond acceptors (Lipinski definition) is 6. The van der Waals surface area contributed by atoms with Crippen LogP contribution < -0.4 is 15.5 Å². The molecule has 0 aliphatic carbocycles. The third-order valence-electron chi connectivity index (χ3n) is 4.19. The molecule has 146 valence electrons. The number of nitrogen functional groups attached to an aromatic ring is 1. The van der Waals surface area contributed by atoms with E-state index >= 15 is 0 Å². The second-order valence-electron chi connectivity index (χ2n) is 6.13. The lowest BCUT2D eigenvalue weighted by molar-refractivity contribution is -0.117. The zero-order chi connectivity index (χ0) is 20.1. The number of nitrogens with two attached hydrogens (primary N) is 1. The molecule has 0 saturated carbocycles. The van der Waals surface area contributed by atoms with Crippen LogP contribution in [0.15, 0.2) is 59.8 Å². The van der Waals surface area contributed by atoms with Crippen molar-refractivity contribution in [2.45, 2.75) is 24.3 Å². The van der Waals surface area contributed by atoms with E-state index in [-0.39, 0.29) is 11.2 Å². The minimum Gasteiger partial charge on any atom is -0.494 e. The molecule has 0 saturated heterocycles. The monoisotopic (exact) mass is 397 g/mol. The van der Waals surface area contributed by atoms with Crippen molar-refractivity contribution in [1.82, 2.24) is 14.9 Å². The van der Waals surface area contributed by atoms with Crippen molar-refractivity contribution >= 4 is 23.4 Å². The summed E-state index contributed by atoms with van der Waals surface area (Å²) in [6.07, 6.45) is 0. The molecule has 3 aromatic rings. The number of thioether (sulfide) groups is 1. The Kier molecular flexibility index (Phi) is 6.20. The van der Waals surface area contributed by atoms with Gasteiger partial charge >= 0.3 is 0 Å². The number of carbonyl (C=O) groups is 1. The highest BCUT2D eigenvalue weighted by atomic mass is 32.2. The molecule has 1 amide bonds. The molecule has 7 nitrogen and oxygen atoms in total. The maximum atomic E-state index is 12.7. The molecule has 1 aromatic heterocycles. The maximum Gasteiger partial charge on any atom is 0.240 e. The van der Waals surface area contributed by atoms with Gasteiger partial charge in [-0.1, -0.05) is 30.0 Å². The molecule has 0 bridgehead atoms. The first-order valence-electron chi connectivity index (χ1n) is 8.94. The van der Waals surface area contributed by atoms with Crippen molar-refractivity contribution in [3.05, 3.63) is 54.6 Å². The van der Waals surface area contributed by atoms with Gasteiger partial charge in [0, 0.05) is 18.3 Å². The summed E-state index contributed by atoms with van der Waals surface area (Å²) in [4.78, 5) is 14.4. The van der Waals surface area contributed by atoms with Gasteiger partial charge in [0.05, 0.1) is 11.9 Å². The van der Waals surface area contributed by atoms with Crippen molar-refractivity contribution in [1.29, 1.82) is 0 Å². The standard InChI is InChI=1S/C20H23N5O2S/c1-4-27-17-12-10-15(11-13-17)18-22-23-20(25(18)21)28-14(2)19(26)24(3)16-8-6-5-7-9-16/h5-14H,4,21H2,1-3H3/t14-/m1/s1. The van der Waals surface area contributed by atoms with Crippen molar-refractivity contribution in [2.75, 3.05) is 24.4 Å². The highest BCUT2D eigenvalue weighted by Gasteiger charge is 2.23. The maximum absolute atomic E-state index is 12.7. The first kappa shape index (κ1) is 19.8. The summed E-state index contributed by atoms with van der Waals surface area (Å²) in [5, 5.41) is 8.44. The van der Waals surface area contributed by atoms with Crippen LogP contribution in [0.3, 0.4) is 0 Å². The highest BCUT2D eigenvalue weighted by Crippen LogP contribution is 2.27. The summed E-state index contributed by atoms with van der Waals surface area (Å²) in [6, 6.07) is 17.0. The van der Waals surface area contributed by atoms with E-state index in [1.54, 1.807) is 11.9 Å². The number of ether oxygens (including phenoxy) is 1. The zero-order valence-corrected chi connectivity index (χ0v) is 16.9. The largest absolute Gasteiger partial charge is 0.494 e. The lowest BCUT2D eigenvalue weighted by atomic mass is 10.2. The molecule has 8 heteroatoms. The summed E-state index contributed by atoms with van der Waals surface area (Å²) in [6.45, 7) is 4.37. The molecular weight excluding hydrogens is 374 g/mol. The number of anilines is 1. The molecule has 2 aromatic carbocycles. The number of nitrogens with zero attached hydrogens (tertiary/aromatic N) is 4. The van der Waals surface area contributed by atoms with Gasteiger partial charge in [0.25, 0.3) is 0 Å². The molecule has 0 radical (unpaired) electrons. The van der Waals surface area contributed by atoms with E-state index in [9.17, 15) is 4.79 Å². The molecule has 2 N–H and O–H groups in total. The fourth-order valence-electron chi connectivity index (χ4n) is 2.68. The predicted octanol–water partition coefficient (Wildman–Crippen LogP) is 3.20. The minimum atomic E-state index is -0.370. The molecule has 1 atom stereocenters.